The molecule has 2 atom stereocenters. The van der Waals surface area contributed by atoms with E-state index < -0.39 is 10.0 Å². The van der Waals surface area contributed by atoms with Gasteiger partial charge >= 0.3 is 0 Å². The highest BCUT2D eigenvalue weighted by molar-refractivity contribution is 7.89. The molecule has 0 aromatic rings. The third kappa shape index (κ3) is 4.90. The van der Waals surface area contributed by atoms with Crippen molar-refractivity contribution < 1.29 is 17.9 Å². The summed E-state index contributed by atoms with van der Waals surface area (Å²) in [6.45, 7) is 3.57. The Morgan fingerprint density at radius 1 is 1.64 bits per heavy atom. The van der Waals surface area contributed by atoms with Gasteiger partial charge in [0.15, 0.2) is 0 Å². The van der Waals surface area contributed by atoms with Gasteiger partial charge in [-0.05, 0) is 12.3 Å². The Hall–Kier alpha value is -0.170. The van der Waals surface area contributed by atoms with E-state index in [1.807, 2.05) is 0 Å². The van der Waals surface area contributed by atoms with Gasteiger partial charge in [-0.3, -0.25) is 0 Å². The lowest BCUT2D eigenvalue weighted by Crippen LogP contribution is -2.26. The van der Waals surface area contributed by atoms with Crippen molar-refractivity contribution in [2.45, 2.75) is 19.4 Å². The molecule has 84 valence electrons. The Labute approximate surface area is 84.6 Å². The first kappa shape index (κ1) is 11.9. The van der Waals surface area contributed by atoms with Crippen LogP contribution in [0.2, 0.25) is 0 Å². The van der Waals surface area contributed by atoms with Crippen molar-refractivity contribution in [3.63, 3.8) is 0 Å². The monoisotopic (exact) mass is 223 g/mol. The van der Waals surface area contributed by atoms with Crippen molar-refractivity contribution in [2.75, 3.05) is 25.6 Å². The fraction of sp³-hybridized carbons (Fsp3) is 1.00. The second kappa shape index (κ2) is 5.06. The first-order valence-corrected chi connectivity index (χ1v) is 6.39. The van der Waals surface area contributed by atoms with Crippen LogP contribution in [0.3, 0.4) is 0 Å². The number of sulfonamides is 1. The van der Waals surface area contributed by atoms with Crippen molar-refractivity contribution in [3.8, 4) is 0 Å². The maximum absolute atomic E-state index is 10.7. The molecular weight excluding hydrogens is 206 g/mol. The molecule has 0 bridgehead atoms. The topological polar surface area (TPSA) is 78.6 Å². The standard InChI is InChI=1S/C8H17NO4S/c1-7(6-14(9,10)11)4-13-8-2-3-12-5-8/h7-8H,2-6H2,1H3,(H2,9,10,11). The zero-order chi connectivity index (χ0) is 10.6. The van der Waals surface area contributed by atoms with Gasteiger partial charge in [-0.15, -0.1) is 0 Å². The van der Waals surface area contributed by atoms with Gasteiger partial charge in [-0.1, -0.05) is 6.92 Å². The summed E-state index contributed by atoms with van der Waals surface area (Å²) >= 11 is 0. The molecule has 0 radical (unpaired) electrons. The van der Waals surface area contributed by atoms with E-state index in [0.717, 1.165) is 13.0 Å². The van der Waals surface area contributed by atoms with Gasteiger partial charge in [0.25, 0.3) is 0 Å². The van der Waals surface area contributed by atoms with E-state index in [-0.39, 0.29) is 17.8 Å². The summed E-state index contributed by atoms with van der Waals surface area (Å²) in [4.78, 5) is 0. The van der Waals surface area contributed by atoms with Crippen molar-refractivity contribution >= 4 is 10.0 Å². The molecule has 1 saturated heterocycles. The summed E-state index contributed by atoms with van der Waals surface area (Å²) in [5.41, 5.74) is 0. The number of ether oxygens (including phenoxy) is 2. The van der Waals surface area contributed by atoms with Crippen LogP contribution in [0, 0.1) is 5.92 Å². The molecule has 0 saturated carbocycles. The second-order valence-electron chi connectivity index (χ2n) is 3.75. The molecule has 1 heterocycles. The summed E-state index contributed by atoms with van der Waals surface area (Å²) in [7, 11) is -3.38. The maximum Gasteiger partial charge on any atom is 0.209 e. The highest BCUT2D eigenvalue weighted by atomic mass is 32.2. The van der Waals surface area contributed by atoms with E-state index in [9.17, 15) is 8.42 Å². The second-order valence-corrected chi connectivity index (χ2v) is 5.41. The van der Waals surface area contributed by atoms with E-state index in [4.69, 9.17) is 14.6 Å². The van der Waals surface area contributed by atoms with E-state index in [0.29, 0.717) is 13.2 Å². The smallest absolute Gasteiger partial charge is 0.209 e. The Balaban J connectivity index is 2.17. The molecule has 1 aliphatic rings. The van der Waals surface area contributed by atoms with Crippen molar-refractivity contribution in [1.29, 1.82) is 0 Å². The molecule has 1 aliphatic heterocycles. The van der Waals surface area contributed by atoms with Crippen LogP contribution in [0.1, 0.15) is 13.3 Å². The number of nitrogens with two attached hydrogens (primary N) is 1. The highest BCUT2D eigenvalue weighted by Crippen LogP contribution is 2.10. The zero-order valence-corrected chi connectivity index (χ0v) is 9.13. The van der Waals surface area contributed by atoms with Crippen LogP contribution < -0.4 is 5.14 Å². The lowest BCUT2D eigenvalue weighted by Gasteiger charge is -2.14. The van der Waals surface area contributed by atoms with E-state index in [2.05, 4.69) is 0 Å². The minimum atomic E-state index is -3.38. The lowest BCUT2D eigenvalue weighted by atomic mass is 10.2. The fourth-order valence-corrected chi connectivity index (χ4v) is 2.28. The van der Waals surface area contributed by atoms with Crippen LogP contribution in [-0.2, 0) is 19.5 Å². The molecule has 0 amide bonds. The molecule has 0 spiro atoms. The summed E-state index contributed by atoms with van der Waals surface area (Å²) in [5.74, 6) is -0.0915. The van der Waals surface area contributed by atoms with Gasteiger partial charge in [0.2, 0.25) is 10.0 Å². The van der Waals surface area contributed by atoms with Crippen LogP contribution in [0.5, 0.6) is 0 Å². The third-order valence-corrected chi connectivity index (χ3v) is 3.05. The van der Waals surface area contributed by atoms with Crippen molar-refractivity contribution in [2.24, 2.45) is 11.1 Å². The van der Waals surface area contributed by atoms with Crippen LogP contribution >= 0.6 is 0 Å². The van der Waals surface area contributed by atoms with Crippen LogP contribution in [0.4, 0.5) is 0 Å². The fourth-order valence-electron chi connectivity index (χ4n) is 1.39. The number of primary sulfonamides is 1. The molecule has 2 N–H and O–H groups in total. The number of rotatable bonds is 5. The molecule has 0 aromatic heterocycles. The van der Waals surface area contributed by atoms with Gasteiger partial charge in [-0.2, -0.15) is 0 Å². The average molecular weight is 223 g/mol. The van der Waals surface area contributed by atoms with Crippen molar-refractivity contribution in [1.82, 2.24) is 0 Å². The minimum Gasteiger partial charge on any atom is -0.379 e. The molecule has 6 heteroatoms. The first-order valence-electron chi connectivity index (χ1n) is 4.67. The molecule has 1 rings (SSSR count). The van der Waals surface area contributed by atoms with Gasteiger partial charge in [0.1, 0.15) is 0 Å². The molecule has 14 heavy (non-hydrogen) atoms. The van der Waals surface area contributed by atoms with Gasteiger partial charge in [0, 0.05) is 6.61 Å². The van der Waals surface area contributed by atoms with E-state index in [1.165, 1.54) is 0 Å². The summed E-state index contributed by atoms with van der Waals surface area (Å²) in [5, 5.41) is 4.91. The van der Waals surface area contributed by atoms with Gasteiger partial charge in [-0.25, -0.2) is 13.6 Å². The van der Waals surface area contributed by atoms with Gasteiger partial charge < -0.3 is 9.47 Å². The van der Waals surface area contributed by atoms with Crippen LogP contribution in [0.15, 0.2) is 0 Å². The number of hydrogen-bond acceptors (Lipinski definition) is 4. The lowest BCUT2D eigenvalue weighted by molar-refractivity contribution is 0.0285. The minimum absolute atomic E-state index is 0.0272. The van der Waals surface area contributed by atoms with E-state index >= 15 is 0 Å². The molecule has 0 aromatic carbocycles. The molecule has 0 aliphatic carbocycles. The first-order chi connectivity index (χ1) is 6.47. The Kier molecular flexibility index (Phi) is 4.31. The molecule has 5 nitrogen and oxygen atoms in total. The molecular formula is C8H17NO4S. The van der Waals surface area contributed by atoms with Crippen LogP contribution in [-0.4, -0.2) is 40.1 Å². The van der Waals surface area contributed by atoms with Crippen LogP contribution in [0.25, 0.3) is 0 Å². The highest BCUT2D eigenvalue weighted by Gasteiger charge is 2.18. The Bertz CT molecular complexity index is 259. The Morgan fingerprint density at radius 2 is 2.36 bits per heavy atom. The SMILES string of the molecule is CC(COC1CCOC1)CS(N)(=O)=O. The summed E-state index contributed by atoms with van der Waals surface area (Å²) in [6, 6.07) is 0. The summed E-state index contributed by atoms with van der Waals surface area (Å²) in [6.07, 6.45) is 1.01. The largest absolute Gasteiger partial charge is 0.379 e. The number of hydrogen-bond donors (Lipinski definition) is 1. The molecule has 1 fully saturated rings. The summed E-state index contributed by atoms with van der Waals surface area (Å²) < 4.78 is 32.1. The Morgan fingerprint density at radius 3 is 2.86 bits per heavy atom. The van der Waals surface area contributed by atoms with E-state index in [1.54, 1.807) is 6.92 Å². The third-order valence-electron chi connectivity index (χ3n) is 2.02. The predicted molar refractivity (Wildman–Crippen MR) is 52.3 cm³/mol. The quantitative estimate of drug-likeness (QED) is 0.695. The maximum atomic E-state index is 10.7. The average Bonchev–Trinajstić information content (AvgIpc) is 2.49. The molecule has 2 unspecified atom stereocenters. The normalized spacial score (nSPS) is 25.1. The van der Waals surface area contributed by atoms with Crippen molar-refractivity contribution in [3.05, 3.63) is 0 Å². The van der Waals surface area contributed by atoms with Gasteiger partial charge in [0.05, 0.1) is 25.1 Å². The zero-order valence-electron chi connectivity index (χ0n) is 8.31. The predicted octanol–water partition coefficient (Wildman–Crippen LogP) is -0.283.